The molecular formula is C21H43N5O2. The number of carbonyl (C=O) groups is 1. The van der Waals surface area contributed by atoms with Crippen LogP contribution >= 0.6 is 0 Å². The highest BCUT2D eigenvalue weighted by Crippen LogP contribution is 2.12. The van der Waals surface area contributed by atoms with Crippen LogP contribution in [0.3, 0.4) is 0 Å². The molecule has 0 aliphatic heterocycles. The van der Waals surface area contributed by atoms with E-state index in [4.69, 9.17) is 15.6 Å². The molecule has 0 aromatic heterocycles. The van der Waals surface area contributed by atoms with Gasteiger partial charge in [0.25, 0.3) is 0 Å². The number of alkyl carbamates (subject to hydrolysis) is 1. The number of guanidine groups is 2. The minimum absolute atomic E-state index is 0.0253. The number of nitrogens with zero attached hydrogens (tertiary/aromatic N) is 1. The fourth-order valence-electron chi connectivity index (χ4n) is 2.86. The molecule has 0 heterocycles. The third-order valence-electron chi connectivity index (χ3n) is 4.65. The van der Waals surface area contributed by atoms with Gasteiger partial charge in [-0.25, -0.2) is 4.79 Å². The molecule has 7 nitrogen and oxygen atoms in total. The number of nitrogens with one attached hydrogen (secondary N) is 4. The van der Waals surface area contributed by atoms with Gasteiger partial charge in [-0.3, -0.25) is 21.5 Å². The smallest absolute Gasteiger partial charge is 0.413 e. The summed E-state index contributed by atoms with van der Waals surface area (Å²) in [4.78, 5) is 13.0. The van der Waals surface area contributed by atoms with E-state index in [9.17, 15) is 4.79 Å². The maximum absolute atomic E-state index is 11.5. The molecule has 0 aliphatic rings. The third-order valence-corrected chi connectivity index (χ3v) is 4.65. The van der Waals surface area contributed by atoms with Crippen molar-refractivity contribution in [2.24, 2.45) is 0 Å². The highest BCUT2D eigenvalue weighted by molar-refractivity contribution is 6.01. The number of unbranched alkanes of at least 4 members (excludes halogenated alkanes) is 13. The maximum Gasteiger partial charge on any atom is 0.413 e. The lowest BCUT2D eigenvalue weighted by Crippen LogP contribution is -2.47. The molecule has 1 amide bonds. The Kier molecular flexibility index (Phi) is 17.4. The summed E-state index contributed by atoms with van der Waals surface area (Å²) in [7, 11) is 3.35. The van der Waals surface area contributed by atoms with E-state index in [2.05, 4.69) is 17.6 Å². The Bertz CT molecular complexity index is 427. The molecule has 0 spiro atoms. The van der Waals surface area contributed by atoms with Crippen molar-refractivity contribution < 1.29 is 9.53 Å². The van der Waals surface area contributed by atoms with E-state index in [-0.39, 0.29) is 11.9 Å². The first-order valence-corrected chi connectivity index (χ1v) is 11.0. The Morgan fingerprint density at radius 2 is 1.18 bits per heavy atom. The largest absolute Gasteiger partial charge is 0.449 e. The quantitative estimate of drug-likeness (QED) is 0.173. The standard InChI is InChI=1S/C21H43N5O2/c1-4-5-6-7-8-9-10-11-12-13-14-15-16-17-18-28-21(27)25-19(22)24-20(23)26(2)3/h4-18H2,1-3H3,(H4,22,23,24,25,27). The Labute approximate surface area is 172 Å². The first-order chi connectivity index (χ1) is 13.5. The van der Waals surface area contributed by atoms with Gasteiger partial charge in [-0.2, -0.15) is 0 Å². The van der Waals surface area contributed by atoms with Crippen LogP contribution in [0.1, 0.15) is 96.8 Å². The predicted octanol–water partition coefficient (Wildman–Crippen LogP) is 5.21. The van der Waals surface area contributed by atoms with E-state index in [1.807, 2.05) is 0 Å². The second-order valence-electron chi connectivity index (χ2n) is 7.60. The minimum atomic E-state index is -0.654. The molecule has 0 aromatic rings. The number of carbonyl (C=O) groups excluding carboxylic acids is 1. The number of rotatable bonds is 15. The summed E-state index contributed by atoms with van der Waals surface area (Å²) in [6, 6.07) is 0. The molecule has 0 rings (SSSR count). The highest BCUT2D eigenvalue weighted by atomic mass is 16.5. The number of ether oxygens (including phenoxy) is 1. The van der Waals surface area contributed by atoms with E-state index < -0.39 is 6.09 Å². The third kappa shape index (κ3) is 17.6. The summed E-state index contributed by atoms with van der Waals surface area (Å²) >= 11 is 0. The van der Waals surface area contributed by atoms with Crippen LogP contribution in [0.2, 0.25) is 0 Å². The Morgan fingerprint density at radius 1 is 0.750 bits per heavy atom. The molecule has 7 heteroatoms. The fourth-order valence-corrected chi connectivity index (χ4v) is 2.86. The lowest BCUT2D eigenvalue weighted by molar-refractivity contribution is 0.149. The molecule has 0 saturated heterocycles. The number of hydrogen-bond acceptors (Lipinski definition) is 4. The van der Waals surface area contributed by atoms with Crippen LogP contribution < -0.4 is 10.6 Å². The second kappa shape index (κ2) is 18.6. The van der Waals surface area contributed by atoms with Crippen molar-refractivity contribution in [1.29, 1.82) is 10.8 Å². The molecule has 0 saturated carbocycles. The summed E-state index contributed by atoms with van der Waals surface area (Å²) in [5.74, 6) is -0.234. The monoisotopic (exact) mass is 397 g/mol. The van der Waals surface area contributed by atoms with Gasteiger partial charge in [0.1, 0.15) is 0 Å². The zero-order chi connectivity index (χ0) is 21.0. The second-order valence-corrected chi connectivity index (χ2v) is 7.60. The Balaban J connectivity index is 3.33. The van der Waals surface area contributed by atoms with Crippen molar-refractivity contribution >= 4 is 18.0 Å². The molecule has 4 N–H and O–H groups in total. The maximum atomic E-state index is 11.5. The summed E-state index contributed by atoms with van der Waals surface area (Å²) in [6.45, 7) is 2.62. The first-order valence-electron chi connectivity index (χ1n) is 11.0. The molecule has 0 radical (unpaired) electrons. The van der Waals surface area contributed by atoms with E-state index >= 15 is 0 Å². The Hall–Kier alpha value is -1.79. The molecular weight excluding hydrogens is 354 g/mol. The van der Waals surface area contributed by atoms with Gasteiger partial charge < -0.3 is 9.64 Å². The molecule has 28 heavy (non-hydrogen) atoms. The van der Waals surface area contributed by atoms with Crippen molar-refractivity contribution in [2.75, 3.05) is 20.7 Å². The molecule has 0 unspecified atom stereocenters. The van der Waals surface area contributed by atoms with Gasteiger partial charge >= 0.3 is 6.09 Å². The lowest BCUT2D eigenvalue weighted by Gasteiger charge is -2.15. The predicted molar refractivity (Wildman–Crippen MR) is 117 cm³/mol. The van der Waals surface area contributed by atoms with Crippen LogP contribution in [0.5, 0.6) is 0 Å². The van der Waals surface area contributed by atoms with Crippen LogP contribution in [0.15, 0.2) is 0 Å². The average molecular weight is 398 g/mol. The van der Waals surface area contributed by atoms with Gasteiger partial charge in [-0.15, -0.1) is 0 Å². The Morgan fingerprint density at radius 3 is 1.61 bits per heavy atom. The zero-order valence-electron chi connectivity index (χ0n) is 18.4. The van der Waals surface area contributed by atoms with Gasteiger partial charge in [0.15, 0.2) is 5.96 Å². The van der Waals surface area contributed by atoms with Crippen molar-refractivity contribution in [3.8, 4) is 0 Å². The van der Waals surface area contributed by atoms with Crippen LogP contribution in [-0.4, -0.2) is 43.6 Å². The minimum Gasteiger partial charge on any atom is -0.449 e. The van der Waals surface area contributed by atoms with E-state index in [0.29, 0.717) is 6.61 Å². The fraction of sp³-hybridized carbons (Fsp3) is 0.857. The van der Waals surface area contributed by atoms with Crippen LogP contribution in [0.4, 0.5) is 4.79 Å². The van der Waals surface area contributed by atoms with Crippen molar-refractivity contribution in [3.05, 3.63) is 0 Å². The summed E-state index contributed by atoms with van der Waals surface area (Å²) < 4.78 is 5.05. The summed E-state index contributed by atoms with van der Waals surface area (Å²) in [6.07, 6.45) is 17.4. The SMILES string of the molecule is CCCCCCCCCCCCCCCCOC(=O)NC(=N)NC(=N)N(C)C. The molecule has 0 bridgehead atoms. The highest BCUT2D eigenvalue weighted by Gasteiger charge is 2.07. The van der Waals surface area contributed by atoms with E-state index in [0.717, 1.165) is 12.8 Å². The summed E-state index contributed by atoms with van der Waals surface area (Å²) in [5, 5.41) is 19.8. The van der Waals surface area contributed by atoms with Gasteiger partial charge in [-0.05, 0) is 6.42 Å². The topological polar surface area (TPSA) is 101 Å². The van der Waals surface area contributed by atoms with Crippen molar-refractivity contribution in [1.82, 2.24) is 15.5 Å². The van der Waals surface area contributed by atoms with Crippen molar-refractivity contribution in [2.45, 2.75) is 96.8 Å². The molecule has 0 atom stereocenters. The molecule has 0 aliphatic carbocycles. The summed E-state index contributed by atoms with van der Waals surface area (Å²) in [5.41, 5.74) is 0. The van der Waals surface area contributed by atoms with Crippen LogP contribution in [-0.2, 0) is 4.74 Å². The molecule has 0 fully saturated rings. The molecule has 164 valence electrons. The number of amides is 1. The van der Waals surface area contributed by atoms with Crippen LogP contribution in [0, 0.1) is 10.8 Å². The van der Waals surface area contributed by atoms with Gasteiger partial charge in [0, 0.05) is 14.1 Å². The zero-order valence-corrected chi connectivity index (χ0v) is 18.4. The first kappa shape index (κ1) is 26.2. The lowest BCUT2D eigenvalue weighted by atomic mass is 10.0. The van der Waals surface area contributed by atoms with E-state index in [1.165, 1.54) is 81.9 Å². The van der Waals surface area contributed by atoms with Gasteiger partial charge in [-0.1, -0.05) is 90.4 Å². The van der Waals surface area contributed by atoms with E-state index in [1.54, 1.807) is 14.1 Å². The van der Waals surface area contributed by atoms with Gasteiger partial charge in [0.05, 0.1) is 6.61 Å². The normalized spacial score (nSPS) is 10.4. The average Bonchev–Trinajstić information content (AvgIpc) is 2.64. The van der Waals surface area contributed by atoms with Crippen molar-refractivity contribution in [3.63, 3.8) is 0 Å². The molecule has 0 aromatic carbocycles. The van der Waals surface area contributed by atoms with Crippen LogP contribution in [0.25, 0.3) is 0 Å². The van der Waals surface area contributed by atoms with Gasteiger partial charge in [0.2, 0.25) is 5.96 Å². The number of hydrogen-bond donors (Lipinski definition) is 4.